The lowest BCUT2D eigenvalue weighted by molar-refractivity contribution is 0.475. The standard InChI is InChI=1S/C8H5BrO/c1-2-6-3-4-7(10)5-8(6)9/h1,3-5,10H. The van der Waals surface area contributed by atoms with E-state index in [2.05, 4.69) is 21.9 Å². The van der Waals surface area contributed by atoms with Gasteiger partial charge in [-0.15, -0.1) is 6.42 Å². The molecule has 1 aromatic rings. The molecule has 0 amide bonds. The van der Waals surface area contributed by atoms with Gasteiger partial charge in [0.2, 0.25) is 0 Å². The van der Waals surface area contributed by atoms with Crippen LogP contribution in [-0.2, 0) is 0 Å². The molecule has 0 aliphatic carbocycles. The summed E-state index contributed by atoms with van der Waals surface area (Å²) in [5.74, 6) is 2.68. The molecule has 0 atom stereocenters. The molecule has 1 rings (SSSR count). The maximum Gasteiger partial charge on any atom is 0.116 e. The molecule has 0 aliphatic rings. The zero-order chi connectivity index (χ0) is 7.56. The number of hydrogen-bond acceptors (Lipinski definition) is 1. The van der Waals surface area contributed by atoms with Gasteiger partial charge in [-0.3, -0.25) is 0 Å². The molecule has 1 aromatic carbocycles. The molecule has 0 saturated heterocycles. The molecular formula is C8H5BrO. The zero-order valence-corrected chi connectivity index (χ0v) is 6.72. The zero-order valence-electron chi connectivity index (χ0n) is 5.13. The van der Waals surface area contributed by atoms with Crippen LogP contribution in [0.1, 0.15) is 5.56 Å². The summed E-state index contributed by atoms with van der Waals surface area (Å²) in [5, 5.41) is 8.93. The quantitative estimate of drug-likeness (QED) is 0.631. The van der Waals surface area contributed by atoms with Gasteiger partial charge in [0.15, 0.2) is 0 Å². The van der Waals surface area contributed by atoms with Crippen LogP contribution in [0.25, 0.3) is 0 Å². The molecule has 0 unspecified atom stereocenters. The Bertz CT molecular complexity index is 286. The summed E-state index contributed by atoms with van der Waals surface area (Å²) in [5.41, 5.74) is 0.748. The van der Waals surface area contributed by atoms with Crippen LogP contribution in [0.4, 0.5) is 0 Å². The maximum atomic E-state index is 8.93. The molecule has 1 nitrogen and oxygen atoms in total. The molecule has 50 valence electrons. The van der Waals surface area contributed by atoms with E-state index in [0.717, 1.165) is 10.0 Å². The van der Waals surface area contributed by atoms with Gasteiger partial charge < -0.3 is 5.11 Å². The first kappa shape index (κ1) is 7.17. The average Bonchev–Trinajstić information content (AvgIpc) is 1.88. The van der Waals surface area contributed by atoms with Crippen molar-refractivity contribution >= 4 is 15.9 Å². The first-order valence-corrected chi connectivity index (χ1v) is 3.48. The normalized spacial score (nSPS) is 8.80. The number of hydrogen-bond donors (Lipinski definition) is 1. The smallest absolute Gasteiger partial charge is 0.116 e. The second-order valence-corrected chi connectivity index (χ2v) is 2.66. The fourth-order valence-corrected chi connectivity index (χ4v) is 1.10. The van der Waals surface area contributed by atoms with Gasteiger partial charge >= 0.3 is 0 Å². The van der Waals surface area contributed by atoms with E-state index in [1.54, 1.807) is 18.2 Å². The Hall–Kier alpha value is -0.940. The number of benzene rings is 1. The second kappa shape index (κ2) is 2.76. The highest BCUT2D eigenvalue weighted by Gasteiger charge is 1.95. The molecule has 1 N–H and O–H groups in total. The van der Waals surface area contributed by atoms with E-state index in [0.29, 0.717) is 0 Å². The van der Waals surface area contributed by atoms with E-state index in [4.69, 9.17) is 11.5 Å². The van der Waals surface area contributed by atoms with Crippen LogP contribution in [-0.4, -0.2) is 5.11 Å². The average molecular weight is 197 g/mol. The third kappa shape index (κ3) is 1.31. The predicted octanol–water partition coefficient (Wildman–Crippen LogP) is 2.14. The third-order valence-corrected chi connectivity index (χ3v) is 1.76. The van der Waals surface area contributed by atoms with Crippen molar-refractivity contribution in [3.05, 3.63) is 28.2 Å². The molecule has 0 fully saturated rings. The van der Waals surface area contributed by atoms with Crippen molar-refractivity contribution in [3.8, 4) is 18.1 Å². The van der Waals surface area contributed by atoms with Gasteiger partial charge in [-0.2, -0.15) is 0 Å². The summed E-state index contributed by atoms with van der Waals surface area (Å²) in [6, 6.07) is 4.80. The molecule has 0 saturated carbocycles. The topological polar surface area (TPSA) is 20.2 Å². The molecule has 0 spiro atoms. The van der Waals surface area contributed by atoms with Crippen molar-refractivity contribution in [1.29, 1.82) is 0 Å². The fourth-order valence-electron chi connectivity index (χ4n) is 0.621. The molecule has 0 aromatic heterocycles. The Morgan fingerprint density at radius 2 is 2.20 bits per heavy atom. The van der Waals surface area contributed by atoms with Gasteiger partial charge in [-0.25, -0.2) is 0 Å². The van der Waals surface area contributed by atoms with E-state index in [1.807, 2.05) is 0 Å². The van der Waals surface area contributed by atoms with Crippen molar-refractivity contribution < 1.29 is 5.11 Å². The molecule has 0 heterocycles. The lowest BCUT2D eigenvalue weighted by Gasteiger charge is -1.95. The van der Waals surface area contributed by atoms with Crippen LogP contribution in [0.15, 0.2) is 22.7 Å². The van der Waals surface area contributed by atoms with Crippen LogP contribution in [0.3, 0.4) is 0 Å². The minimum Gasteiger partial charge on any atom is -0.508 e. The van der Waals surface area contributed by atoms with Crippen LogP contribution in [0, 0.1) is 12.3 Å². The van der Waals surface area contributed by atoms with Crippen molar-refractivity contribution in [3.63, 3.8) is 0 Å². The van der Waals surface area contributed by atoms with Crippen LogP contribution in [0.2, 0.25) is 0 Å². The van der Waals surface area contributed by atoms with E-state index in [1.165, 1.54) is 0 Å². The first-order valence-electron chi connectivity index (χ1n) is 2.69. The molecule has 2 heteroatoms. The molecular weight excluding hydrogens is 192 g/mol. The van der Waals surface area contributed by atoms with Crippen molar-refractivity contribution in [1.82, 2.24) is 0 Å². The van der Waals surface area contributed by atoms with Crippen LogP contribution >= 0.6 is 15.9 Å². The van der Waals surface area contributed by atoms with Gasteiger partial charge in [0.25, 0.3) is 0 Å². The summed E-state index contributed by atoms with van der Waals surface area (Å²) in [4.78, 5) is 0. The third-order valence-electron chi connectivity index (χ3n) is 1.11. The predicted molar refractivity (Wildman–Crippen MR) is 43.7 cm³/mol. The molecule has 0 aliphatic heterocycles. The highest BCUT2D eigenvalue weighted by Crippen LogP contribution is 2.20. The summed E-state index contributed by atoms with van der Waals surface area (Å²) in [6.45, 7) is 0. The number of phenolic OH excluding ortho intramolecular Hbond substituents is 1. The summed E-state index contributed by atoms with van der Waals surface area (Å²) >= 11 is 3.20. The van der Waals surface area contributed by atoms with Gasteiger partial charge in [0.05, 0.1) is 0 Å². The Labute approximate surface area is 67.8 Å². The van der Waals surface area contributed by atoms with Crippen LogP contribution in [0.5, 0.6) is 5.75 Å². The van der Waals surface area contributed by atoms with E-state index >= 15 is 0 Å². The Kier molecular flexibility index (Phi) is 1.98. The van der Waals surface area contributed by atoms with Crippen molar-refractivity contribution in [2.24, 2.45) is 0 Å². The van der Waals surface area contributed by atoms with E-state index in [9.17, 15) is 0 Å². The van der Waals surface area contributed by atoms with Gasteiger partial charge in [0, 0.05) is 10.0 Å². The minimum atomic E-state index is 0.214. The first-order chi connectivity index (χ1) is 4.74. The van der Waals surface area contributed by atoms with E-state index < -0.39 is 0 Å². The highest BCUT2D eigenvalue weighted by atomic mass is 79.9. The maximum absolute atomic E-state index is 8.93. The Morgan fingerprint density at radius 1 is 1.50 bits per heavy atom. The lowest BCUT2D eigenvalue weighted by Crippen LogP contribution is -1.74. The van der Waals surface area contributed by atoms with Gasteiger partial charge in [0.1, 0.15) is 5.75 Å². The number of rotatable bonds is 0. The molecule has 0 bridgehead atoms. The Morgan fingerprint density at radius 3 is 2.70 bits per heavy atom. The van der Waals surface area contributed by atoms with Gasteiger partial charge in [-0.1, -0.05) is 5.92 Å². The molecule has 0 radical (unpaired) electrons. The summed E-state index contributed by atoms with van der Waals surface area (Å²) in [7, 11) is 0. The van der Waals surface area contributed by atoms with Gasteiger partial charge in [-0.05, 0) is 34.1 Å². The fraction of sp³-hybridized carbons (Fsp3) is 0. The Balaban J connectivity index is 3.23. The molecule has 10 heavy (non-hydrogen) atoms. The second-order valence-electron chi connectivity index (χ2n) is 1.81. The van der Waals surface area contributed by atoms with E-state index in [-0.39, 0.29) is 5.75 Å². The SMILES string of the molecule is C#Cc1ccc(O)cc1Br. The highest BCUT2D eigenvalue weighted by molar-refractivity contribution is 9.10. The minimum absolute atomic E-state index is 0.214. The number of phenols is 1. The lowest BCUT2D eigenvalue weighted by atomic mass is 10.2. The summed E-state index contributed by atoms with van der Waals surface area (Å²) < 4.78 is 0.745. The van der Waals surface area contributed by atoms with Crippen molar-refractivity contribution in [2.75, 3.05) is 0 Å². The summed E-state index contributed by atoms with van der Waals surface area (Å²) in [6.07, 6.45) is 5.14. The van der Waals surface area contributed by atoms with Crippen LogP contribution < -0.4 is 0 Å². The largest absolute Gasteiger partial charge is 0.508 e. The number of terminal acetylenes is 1. The monoisotopic (exact) mass is 196 g/mol. The number of halogens is 1. The number of aromatic hydroxyl groups is 1. The van der Waals surface area contributed by atoms with Crippen molar-refractivity contribution in [2.45, 2.75) is 0 Å².